The Hall–Kier alpha value is -3.49. The first-order valence-electron chi connectivity index (χ1n) is 8.94. The molecule has 0 N–H and O–H groups in total. The van der Waals surface area contributed by atoms with Crippen molar-refractivity contribution in [1.82, 2.24) is 20.2 Å². The smallest absolute Gasteiger partial charge is 0.258 e. The molecule has 0 bridgehead atoms. The Bertz CT molecular complexity index is 1470. The van der Waals surface area contributed by atoms with Gasteiger partial charge in [0.05, 0.1) is 44.5 Å². The standard InChI is InChI=1S/C21H12ClN5O2S/c1-11-6-7-18(30-11)16-10-23-19-13(20(25-16)12-4-2-3-5-15(12)22)8-17(27(28)29)21-14(19)9-24-26-21/h2-10H,1H3. The van der Waals surface area contributed by atoms with Crippen LogP contribution in [0.25, 0.3) is 43.6 Å². The number of aryl methyl sites for hydroxylation is 1. The Labute approximate surface area is 179 Å². The van der Waals surface area contributed by atoms with Gasteiger partial charge in [-0.15, -0.1) is 16.4 Å². The van der Waals surface area contributed by atoms with E-state index in [2.05, 4.69) is 15.2 Å². The average molecular weight is 434 g/mol. The zero-order valence-electron chi connectivity index (χ0n) is 15.5. The van der Waals surface area contributed by atoms with E-state index in [0.29, 0.717) is 38.3 Å². The molecule has 0 atom stereocenters. The van der Waals surface area contributed by atoms with E-state index >= 15 is 0 Å². The van der Waals surface area contributed by atoms with E-state index in [4.69, 9.17) is 16.6 Å². The normalized spacial score (nSPS) is 11.3. The van der Waals surface area contributed by atoms with Crippen molar-refractivity contribution in [2.75, 3.05) is 0 Å². The van der Waals surface area contributed by atoms with Gasteiger partial charge < -0.3 is 0 Å². The minimum Gasteiger partial charge on any atom is -0.258 e. The Morgan fingerprint density at radius 2 is 1.90 bits per heavy atom. The highest BCUT2D eigenvalue weighted by atomic mass is 35.5. The van der Waals surface area contributed by atoms with Crippen LogP contribution >= 0.6 is 22.9 Å². The molecule has 5 rings (SSSR count). The summed E-state index contributed by atoms with van der Waals surface area (Å²) in [6.45, 7) is 2.02. The summed E-state index contributed by atoms with van der Waals surface area (Å²) in [4.78, 5) is 22.8. The summed E-state index contributed by atoms with van der Waals surface area (Å²) in [6, 6.07) is 12.7. The predicted octanol–water partition coefficient (Wildman–Crippen LogP) is 5.84. The highest BCUT2D eigenvalue weighted by Gasteiger charge is 2.22. The molecule has 0 amide bonds. The number of nitro groups is 1. The molecule has 0 spiro atoms. The third-order valence-electron chi connectivity index (χ3n) is 4.76. The molecule has 0 fully saturated rings. The molecule has 30 heavy (non-hydrogen) atoms. The number of thiophene rings is 1. The van der Waals surface area contributed by atoms with Gasteiger partial charge in [-0.05, 0) is 25.1 Å². The lowest BCUT2D eigenvalue weighted by molar-refractivity contribution is -0.383. The molecule has 0 saturated heterocycles. The molecule has 7 nitrogen and oxygen atoms in total. The van der Waals surface area contributed by atoms with Crippen molar-refractivity contribution in [2.45, 2.75) is 6.92 Å². The fourth-order valence-corrected chi connectivity index (χ4v) is 4.43. The predicted molar refractivity (Wildman–Crippen MR) is 118 cm³/mol. The van der Waals surface area contributed by atoms with Gasteiger partial charge in [0.15, 0.2) is 5.52 Å². The van der Waals surface area contributed by atoms with E-state index in [-0.39, 0.29) is 11.2 Å². The van der Waals surface area contributed by atoms with Crippen molar-refractivity contribution in [3.05, 3.63) is 74.9 Å². The van der Waals surface area contributed by atoms with E-state index in [0.717, 1.165) is 9.75 Å². The average Bonchev–Trinajstić information content (AvgIpc) is 3.34. The molecule has 9 heteroatoms. The number of aromatic nitrogens is 4. The molecule has 3 aromatic heterocycles. The lowest BCUT2D eigenvalue weighted by atomic mass is 10.0. The van der Waals surface area contributed by atoms with Gasteiger partial charge in [-0.1, -0.05) is 29.8 Å². The van der Waals surface area contributed by atoms with Gasteiger partial charge in [0.2, 0.25) is 0 Å². The van der Waals surface area contributed by atoms with E-state index < -0.39 is 4.92 Å². The third kappa shape index (κ3) is 2.97. The molecule has 0 saturated carbocycles. The zero-order chi connectivity index (χ0) is 20.8. The molecule has 3 heterocycles. The van der Waals surface area contributed by atoms with Gasteiger partial charge in [-0.25, -0.2) is 4.98 Å². The fraction of sp³-hybridized carbons (Fsp3) is 0.0476. The van der Waals surface area contributed by atoms with Crippen LogP contribution in [0.1, 0.15) is 4.88 Å². The van der Waals surface area contributed by atoms with Crippen LogP contribution in [0, 0.1) is 17.0 Å². The minimum absolute atomic E-state index is 0.147. The lowest BCUT2D eigenvalue weighted by Crippen LogP contribution is -1.92. The maximum atomic E-state index is 11.7. The summed E-state index contributed by atoms with van der Waals surface area (Å²) >= 11 is 8.08. The quantitative estimate of drug-likeness (QED) is 0.262. The summed E-state index contributed by atoms with van der Waals surface area (Å²) in [5.41, 5.74) is 2.42. The number of non-ortho nitro benzene ring substituents is 1. The van der Waals surface area contributed by atoms with Gasteiger partial charge in [0.25, 0.3) is 5.69 Å². The summed E-state index contributed by atoms with van der Waals surface area (Å²) < 4.78 is 0. The summed E-state index contributed by atoms with van der Waals surface area (Å²) in [6.07, 6.45) is 3.16. The Morgan fingerprint density at radius 1 is 1.07 bits per heavy atom. The van der Waals surface area contributed by atoms with Gasteiger partial charge >= 0.3 is 0 Å². The zero-order valence-corrected chi connectivity index (χ0v) is 17.1. The van der Waals surface area contributed by atoms with Crippen LogP contribution in [-0.2, 0) is 0 Å². The largest absolute Gasteiger partial charge is 0.298 e. The molecule has 0 aliphatic rings. The maximum Gasteiger partial charge on any atom is 0.298 e. The second kappa shape index (κ2) is 7.08. The number of nitro benzene ring substituents is 1. The highest BCUT2D eigenvalue weighted by Crippen LogP contribution is 2.38. The summed E-state index contributed by atoms with van der Waals surface area (Å²) in [5.74, 6) is 0. The first-order chi connectivity index (χ1) is 14.5. The van der Waals surface area contributed by atoms with Crippen LogP contribution in [0.5, 0.6) is 0 Å². The van der Waals surface area contributed by atoms with E-state index in [1.807, 2.05) is 37.3 Å². The minimum atomic E-state index is -0.469. The monoisotopic (exact) mass is 433 g/mol. The van der Waals surface area contributed by atoms with E-state index in [9.17, 15) is 10.1 Å². The Balaban J connectivity index is 1.98. The Morgan fingerprint density at radius 3 is 2.63 bits per heavy atom. The van der Waals surface area contributed by atoms with Crippen molar-refractivity contribution in [3.63, 3.8) is 0 Å². The molecule has 2 aromatic carbocycles. The summed E-state index contributed by atoms with van der Waals surface area (Å²) in [7, 11) is 0. The number of hydrogen-bond acceptors (Lipinski definition) is 7. The SMILES string of the molecule is Cc1ccc(-c2cnc3c(cc([N+](=O)[O-])c4nncc43)c(-c3ccccc3Cl)n2)s1. The number of halogens is 1. The number of nitrogens with zero attached hydrogens (tertiary/aromatic N) is 5. The second-order valence-electron chi connectivity index (χ2n) is 6.65. The molecule has 5 aromatic rings. The van der Waals surface area contributed by atoms with Crippen LogP contribution in [0.3, 0.4) is 0 Å². The third-order valence-corrected chi connectivity index (χ3v) is 6.11. The maximum absolute atomic E-state index is 11.7. The van der Waals surface area contributed by atoms with Crippen molar-refractivity contribution in [1.29, 1.82) is 0 Å². The Kier molecular flexibility index (Phi) is 4.38. The van der Waals surface area contributed by atoms with Crippen LogP contribution < -0.4 is 0 Å². The number of benzene rings is 2. The van der Waals surface area contributed by atoms with Crippen molar-refractivity contribution < 1.29 is 4.92 Å². The number of hydrogen-bond donors (Lipinski definition) is 0. The van der Waals surface area contributed by atoms with Crippen molar-refractivity contribution in [3.8, 4) is 21.8 Å². The molecule has 0 radical (unpaired) electrons. The first-order valence-corrected chi connectivity index (χ1v) is 10.1. The topological polar surface area (TPSA) is 94.7 Å². The van der Waals surface area contributed by atoms with Crippen LogP contribution in [0.2, 0.25) is 5.02 Å². The van der Waals surface area contributed by atoms with Crippen molar-refractivity contribution >= 4 is 50.4 Å². The molecule has 146 valence electrons. The lowest BCUT2D eigenvalue weighted by Gasteiger charge is -2.05. The van der Waals surface area contributed by atoms with Crippen LogP contribution in [-0.4, -0.2) is 25.1 Å². The van der Waals surface area contributed by atoms with Crippen LogP contribution in [0.15, 0.2) is 54.9 Å². The fourth-order valence-electron chi connectivity index (χ4n) is 3.38. The van der Waals surface area contributed by atoms with Gasteiger partial charge in [-0.2, -0.15) is 5.10 Å². The summed E-state index contributed by atoms with van der Waals surface area (Å²) in [5, 5.41) is 21.0. The van der Waals surface area contributed by atoms with Crippen molar-refractivity contribution in [2.24, 2.45) is 0 Å². The molecule has 0 aliphatic heterocycles. The highest BCUT2D eigenvalue weighted by molar-refractivity contribution is 7.15. The van der Waals surface area contributed by atoms with E-state index in [1.54, 1.807) is 23.6 Å². The van der Waals surface area contributed by atoms with E-state index in [1.165, 1.54) is 12.3 Å². The van der Waals surface area contributed by atoms with Gasteiger partial charge in [0, 0.05) is 26.9 Å². The number of fused-ring (bicyclic) bond motifs is 3. The molecule has 0 aliphatic carbocycles. The number of rotatable bonds is 3. The second-order valence-corrected chi connectivity index (χ2v) is 8.34. The first kappa shape index (κ1) is 18.5. The molecular weight excluding hydrogens is 422 g/mol. The van der Waals surface area contributed by atoms with Crippen LogP contribution in [0.4, 0.5) is 5.69 Å². The molecule has 0 unspecified atom stereocenters. The van der Waals surface area contributed by atoms with Gasteiger partial charge in [0.1, 0.15) is 0 Å². The van der Waals surface area contributed by atoms with Gasteiger partial charge in [-0.3, -0.25) is 15.1 Å². The molecular formula is C21H12ClN5O2S.